The molecule has 0 saturated heterocycles. The lowest BCUT2D eigenvalue weighted by Gasteiger charge is -2.25. The molecule has 3 atom stereocenters. The van der Waals surface area contributed by atoms with Crippen molar-refractivity contribution in [2.24, 2.45) is 0 Å². The Morgan fingerprint density at radius 2 is 1.88 bits per heavy atom. The lowest BCUT2D eigenvalue weighted by atomic mass is 10.2. The third-order valence-corrected chi connectivity index (χ3v) is 8.41. The summed E-state index contributed by atoms with van der Waals surface area (Å²) in [5, 5.41) is 7.50. The van der Waals surface area contributed by atoms with Gasteiger partial charge in [-0.2, -0.15) is 13.2 Å². The molecule has 0 aromatic carbocycles. The predicted molar refractivity (Wildman–Crippen MR) is 144 cm³/mol. The minimum atomic E-state index is -4.58. The van der Waals surface area contributed by atoms with Crippen LogP contribution in [0.4, 0.5) is 13.2 Å². The van der Waals surface area contributed by atoms with Crippen LogP contribution in [-0.2, 0) is 25.1 Å². The molecule has 0 radical (unpaired) electrons. The Labute approximate surface area is 245 Å². The molecule has 4 rings (SSSR count). The van der Waals surface area contributed by atoms with E-state index in [2.05, 4.69) is 25.1 Å². The second kappa shape index (κ2) is 13.1. The zero-order chi connectivity index (χ0) is 30.7. The molecule has 230 valence electrons. The van der Waals surface area contributed by atoms with Crippen LogP contribution in [0.5, 0.6) is 11.5 Å². The van der Waals surface area contributed by atoms with Crippen LogP contribution in [-0.4, -0.2) is 82.1 Å². The second-order valence-electron chi connectivity index (χ2n) is 9.70. The maximum atomic E-state index is 13.8. The van der Waals surface area contributed by atoms with Crippen molar-refractivity contribution < 1.29 is 40.5 Å². The second-order valence-corrected chi connectivity index (χ2v) is 12.5. The highest BCUT2D eigenvalue weighted by Gasteiger charge is 2.38. The molecule has 1 aliphatic rings. The molecule has 0 fully saturated rings. The van der Waals surface area contributed by atoms with Gasteiger partial charge in [-0.25, -0.2) is 23.4 Å². The maximum absolute atomic E-state index is 13.8. The van der Waals surface area contributed by atoms with E-state index in [0.29, 0.717) is 6.61 Å². The average molecular weight is 635 g/mol. The van der Waals surface area contributed by atoms with Crippen molar-refractivity contribution in [1.82, 2.24) is 29.7 Å². The van der Waals surface area contributed by atoms with E-state index >= 15 is 0 Å². The van der Waals surface area contributed by atoms with Gasteiger partial charge in [-0.05, 0) is 27.7 Å². The predicted octanol–water partition coefficient (Wildman–Crippen LogP) is 4.16. The molecule has 3 aromatic rings. The molecule has 17 heteroatoms. The highest BCUT2D eigenvalue weighted by molar-refractivity contribution is 7.91. The van der Waals surface area contributed by atoms with E-state index in [1.54, 1.807) is 20.8 Å². The Balaban J connectivity index is 1.72. The van der Waals surface area contributed by atoms with E-state index in [9.17, 15) is 21.6 Å². The molecule has 0 unspecified atom stereocenters. The van der Waals surface area contributed by atoms with Crippen LogP contribution < -0.4 is 9.47 Å². The Kier molecular flexibility index (Phi) is 9.90. The normalized spacial score (nSPS) is 16.7. The SMILES string of the molecule is CCOC[C@@H]1COc2c(OCC(F)(F)F)ccnc2-c2nnc(CS(=O)(=O)[C@@H](C)[C@@H](OC(C)C)c3ncc(Cl)cn3)n21. The van der Waals surface area contributed by atoms with E-state index in [0.717, 1.165) is 0 Å². The largest absolute Gasteiger partial charge is 0.485 e. The molecule has 12 nitrogen and oxygen atoms in total. The Morgan fingerprint density at radius 1 is 1.17 bits per heavy atom. The number of hydrogen-bond acceptors (Lipinski definition) is 11. The van der Waals surface area contributed by atoms with E-state index in [-0.39, 0.29) is 59.0 Å². The number of ether oxygens (including phenoxy) is 4. The number of fused-ring (bicyclic) bond motifs is 3. The highest BCUT2D eigenvalue weighted by Crippen LogP contribution is 2.40. The van der Waals surface area contributed by atoms with Gasteiger partial charge < -0.3 is 18.9 Å². The summed E-state index contributed by atoms with van der Waals surface area (Å²) in [5.41, 5.74) is 0.0495. The summed E-state index contributed by atoms with van der Waals surface area (Å²) in [5.74, 6) is -0.517. The number of sulfone groups is 1. The lowest BCUT2D eigenvalue weighted by molar-refractivity contribution is -0.153. The van der Waals surface area contributed by atoms with Crippen LogP contribution in [0.1, 0.15) is 51.5 Å². The summed E-state index contributed by atoms with van der Waals surface area (Å²) >= 11 is 5.91. The summed E-state index contributed by atoms with van der Waals surface area (Å²) in [4.78, 5) is 12.6. The van der Waals surface area contributed by atoms with Gasteiger partial charge in [0, 0.05) is 31.3 Å². The summed E-state index contributed by atoms with van der Waals surface area (Å²) in [6.45, 7) is 5.57. The quantitative estimate of drug-likeness (QED) is 0.283. The van der Waals surface area contributed by atoms with E-state index in [1.807, 2.05) is 0 Å². The summed E-state index contributed by atoms with van der Waals surface area (Å²) in [6.07, 6.45) is -1.99. The number of aromatic nitrogens is 6. The van der Waals surface area contributed by atoms with Gasteiger partial charge in [0.05, 0.1) is 29.0 Å². The first kappa shape index (κ1) is 31.8. The molecule has 4 heterocycles. The fraction of sp³-hybridized carbons (Fsp3) is 0.560. The van der Waals surface area contributed by atoms with Gasteiger partial charge >= 0.3 is 6.18 Å². The van der Waals surface area contributed by atoms with Gasteiger partial charge in [-0.1, -0.05) is 11.6 Å². The van der Waals surface area contributed by atoms with E-state index in [1.165, 1.54) is 36.1 Å². The number of halogens is 4. The molecule has 0 amide bonds. The minimum absolute atomic E-state index is 0.0495. The Hall–Kier alpha value is -3.08. The zero-order valence-corrected chi connectivity index (χ0v) is 24.8. The fourth-order valence-electron chi connectivity index (χ4n) is 4.24. The molecule has 1 aliphatic heterocycles. The Morgan fingerprint density at radius 3 is 2.52 bits per heavy atom. The summed E-state index contributed by atoms with van der Waals surface area (Å²) in [6, 6.07) is 0.608. The van der Waals surface area contributed by atoms with Crippen molar-refractivity contribution in [1.29, 1.82) is 0 Å². The Bertz CT molecular complexity index is 1470. The fourth-order valence-corrected chi connectivity index (χ4v) is 5.72. The van der Waals surface area contributed by atoms with Crippen molar-refractivity contribution in [2.45, 2.75) is 63.1 Å². The van der Waals surface area contributed by atoms with Crippen LogP contribution in [0.3, 0.4) is 0 Å². The lowest BCUT2D eigenvalue weighted by Crippen LogP contribution is -2.32. The first-order valence-electron chi connectivity index (χ1n) is 13.0. The minimum Gasteiger partial charge on any atom is -0.485 e. The highest BCUT2D eigenvalue weighted by atomic mass is 35.5. The van der Waals surface area contributed by atoms with Crippen molar-refractivity contribution in [3.05, 3.63) is 41.3 Å². The number of alkyl halides is 3. The standard InChI is InChI=1S/C25H30ClF3N6O6S/c1-5-38-10-17-11-39-22-18(40-13-25(27,28)29)6-7-30-20(22)24-34-33-19(35(17)24)12-42(36,37)15(4)21(41-14(2)3)23-31-8-16(26)9-32-23/h6-9,14-15,17,21H,5,10-13H2,1-4H3/t15-,17+,21+/m0/s1. The van der Waals surface area contributed by atoms with E-state index < -0.39 is 45.8 Å². The molecule has 0 spiro atoms. The number of rotatable bonds is 12. The van der Waals surface area contributed by atoms with Crippen molar-refractivity contribution in [3.63, 3.8) is 0 Å². The van der Waals surface area contributed by atoms with Gasteiger partial charge in [0.1, 0.15) is 24.3 Å². The molecular formula is C25H30ClF3N6O6S. The first-order valence-corrected chi connectivity index (χ1v) is 15.1. The molecule has 42 heavy (non-hydrogen) atoms. The van der Waals surface area contributed by atoms with Crippen molar-refractivity contribution >= 4 is 21.4 Å². The topological polar surface area (TPSA) is 140 Å². The number of pyridine rings is 1. The van der Waals surface area contributed by atoms with Crippen LogP contribution in [0.2, 0.25) is 5.02 Å². The van der Waals surface area contributed by atoms with Gasteiger partial charge in [-0.3, -0.25) is 4.57 Å². The molecular weight excluding hydrogens is 605 g/mol. The third kappa shape index (κ3) is 7.46. The molecule has 0 aliphatic carbocycles. The van der Waals surface area contributed by atoms with Gasteiger partial charge in [0.25, 0.3) is 0 Å². The van der Waals surface area contributed by atoms with Gasteiger partial charge in [0.2, 0.25) is 0 Å². The third-order valence-electron chi connectivity index (χ3n) is 6.17. The van der Waals surface area contributed by atoms with Crippen molar-refractivity contribution in [3.8, 4) is 23.0 Å². The smallest absolute Gasteiger partial charge is 0.422 e. The van der Waals surface area contributed by atoms with Crippen LogP contribution >= 0.6 is 11.6 Å². The molecule has 0 N–H and O–H groups in total. The summed E-state index contributed by atoms with van der Waals surface area (Å²) < 4.78 is 90.1. The van der Waals surface area contributed by atoms with E-state index in [4.69, 9.17) is 30.5 Å². The average Bonchev–Trinajstić information content (AvgIpc) is 3.24. The van der Waals surface area contributed by atoms with Gasteiger partial charge in [0.15, 0.2) is 45.3 Å². The summed E-state index contributed by atoms with van der Waals surface area (Å²) in [7, 11) is -4.00. The number of nitrogens with zero attached hydrogens (tertiary/aromatic N) is 6. The van der Waals surface area contributed by atoms with Crippen LogP contribution in [0, 0.1) is 0 Å². The van der Waals surface area contributed by atoms with Gasteiger partial charge in [-0.15, -0.1) is 10.2 Å². The molecule has 0 bridgehead atoms. The molecule has 3 aromatic heterocycles. The molecule has 0 saturated carbocycles. The van der Waals surface area contributed by atoms with Crippen LogP contribution in [0.25, 0.3) is 11.5 Å². The first-order chi connectivity index (χ1) is 19.8. The van der Waals surface area contributed by atoms with Crippen molar-refractivity contribution in [2.75, 3.05) is 26.4 Å². The number of hydrogen-bond donors (Lipinski definition) is 0. The monoisotopic (exact) mass is 634 g/mol. The van der Waals surface area contributed by atoms with Crippen LogP contribution in [0.15, 0.2) is 24.7 Å². The maximum Gasteiger partial charge on any atom is 0.422 e. The zero-order valence-electron chi connectivity index (χ0n) is 23.2.